The third kappa shape index (κ3) is 6.21. The Morgan fingerprint density at radius 3 is 2.93 bits per heavy atom. The lowest BCUT2D eigenvalue weighted by atomic mass is 10.2. The second-order valence-electron chi connectivity index (χ2n) is 2.82. The van der Waals surface area contributed by atoms with Gasteiger partial charge in [-0.3, -0.25) is 10.7 Å². The summed E-state index contributed by atoms with van der Waals surface area (Å²) >= 11 is 0. The number of quaternary nitrogens is 1. The predicted molar refractivity (Wildman–Crippen MR) is 48.7 cm³/mol. The summed E-state index contributed by atoms with van der Waals surface area (Å²) in [6.45, 7) is 0.585. The zero-order chi connectivity index (χ0) is 11.0. The van der Waals surface area contributed by atoms with Gasteiger partial charge < -0.3 is 10.8 Å². The summed E-state index contributed by atoms with van der Waals surface area (Å²) in [6.07, 6.45) is 1.20. The van der Waals surface area contributed by atoms with Crippen LogP contribution in [0.2, 0.25) is 0 Å². The smallest absolute Gasteiger partial charge is 0.369 e. The Morgan fingerprint density at radius 1 is 1.79 bits per heavy atom. The fraction of sp³-hybridized carbons (Fsp3) is 0.714. The van der Waals surface area contributed by atoms with Gasteiger partial charge in [0.25, 0.3) is 0 Å². The average molecular weight is 206 g/mol. The van der Waals surface area contributed by atoms with Gasteiger partial charge >= 0.3 is 11.9 Å². The normalized spacial score (nSPS) is 13.7. The SMILES string of the molecule is CONC(N)=[NH+]CCC[C@H]([NH3+])C(=O)O. The first kappa shape index (κ1) is 12.7. The molecule has 82 valence electrons. The fourth-order valence-electron chi connectivity index (χ4n) is 0.841. The second kappa shape index (κ2) is 7.10. The molecule has 0 spiro atoms. The minimum absolute atomic E-state index is 0.309. The van der Waals surface area contributed by atoms with Crippen molar-refractivity contribution in [2.45, 2.75) is 18.9 Å². The molecule has 0 rings (SSSR count). The van der Waals surface area contributed by atoms with E-state index in [0.29, 0.717) is 25.3 Å². The Kier molecular flexibility index (Phi) is 6.42. The van der Waals surface area contributed by atoms with Gasteiger partial charge in [-0.25, -0.2) is 9.63 Å². The summed E-state index contributed by atoms with van der Waals surface area (Å²) in [5, 5.41) is 8.53. The molecule has 0 aliphatic rings. The van der Waals surface area contributed by atoms with Gasteiger partial charge in [-0.15, -0.1) is 5.48 Å². The van der Waals surface area contributed by atoms with Crippen LogP contribution < -0.4 is 21.9 Å². The van der Waals surface area contributed by atoms with E-state index >= 15 is 0 Å². The van der Waals surface area contributed by atoms with Crippen LogP contribution in [0, 0.1) is 0 Å². The number of carboxylic acid groups (broad SMARTS) is 1. The molecule has 8 N–H and O–H groups in total. The van der Waals surface area contributed by atoms with Crippen molar-refractivity contribution in [1.82, 2.24) is 5.48 Å². The molecular formula is C7H18N4O3+2. The number of rotatable bonds is 6. The summed E-state index contributed by atoms with van der Waals surface area (Å²) < 4.78 is 0. The van der Waals surface area contributed by atoms with Gasteiger partial charge in [-0.2, -0.15) is 0 Å². The van der Waals surface area contributed by atoms with Crippen molar-refractivity contribution in [3.05, 3.63) is 0 Å². The second-order valence-corrected chi connectivity index (χ2v) is 2.82. The maximum absolute atomic E-state index is 10.4. The maximum atomic E-state index is 10.4. The molecule has 0 unspecified atom stereocenters. The fourth-order valence-corrected chi connectivity index (χ4v) is 0.841. The molecule has 0 fully saturated rings. The molecular weight excluding hydrogens is 188 g/mol. The molecule has 0 bridgehead atoms. The van der Waals surface area contributed by atoms with Crippen molar-refractivity contribution in [2.75, 3.05) is 13.7 Å². The van der Waals surface area contributed by atoms with Gasteiger partial charge in [-0.1, -0.05) is 0 Å². The quantitative estimate of drug-likeness (QED) is 0.131. The highest BCUT2D eigenvalue weighted by Gasteiger charge is 2.14. The van der Waals surface area contributed by atoms with Crippen LogP contribution in [0.1, 0.15) is 12.8 Å². The number of nitrogens with one attached hydrogen (secondary N) is 2. The van der Waals surface area contributed by atoms with E-state index < -0.39 is 12.0 Å². The number of carboxylic acids is 1. The number of aliphatic carboxylic acids is 1. The van der Waals surface area contributed by atoms with Crippen molar-refractivity contribution in [3.63, 3.8) is 0 Å². The van der Waals surface area contributed by atoms with E-state index in [4.69, 9.17) is 10.8 Å². The van der Waals surface area contributed by atoms with Crippen LogP contribution in [0.5, 0.6) is 0 Å². The van der Waals surface area contributed by atoms with Crippen LogP contribution in [0.15, 0.2) is 0 Å². The number of hydrogen-bond acceptors (Lipinski definition) is 2. The van der Waals surface area contributed by atoms with Gasteiger partial charge in [-0.05, 0) is 6.42 Å². The molecule has 7 nitrogen and oxygen atoms in total. The van der Waals surface area contributed by atoms with Crippen molar-refractivity contribution >= 4 is 11.9 Å². The third-order valence-corrected chi connectivity index (χ3v) is 1.61. The summed E-state index contributed by atoms with van der Waals surface area (Å²) in [4.78, 5) is 17.7. The third-order valence-electron chi connectivity index (χ3n) is 1.61. The summed E-state index contributed by atoms with van der Waals surface area (Å²) in [5.74, 6) is -0.569. The molecule has 0 amide bonds. The largest absolute Gasteiger partial charge is 0.477 e. The lowest BCUT2D eigenvalue weighted by Crippen LogP contribution is -2.79. The van der Waals surface area contributed by atoms with Gasteiger partial charge in [0.1, 0.15) is 0 Å². The highest BCUT2D eigenvalue weighted by molar-refractivity contribution is 5.71. The molecule has 0 aromatic carbocycles. The van der Waals surface area contributed by atoms with Crippen LogP contribution in [-0.2, 0) is 9.63 Å². The van der Waals surface area contributed by atoms with Crippen molar-refractivity contribution in [2.24, 2.45) is 5.73 Å². The lowest BCUT2D eigenvalue weighted by Gasteiger charge is -2.00. The minimum atomic E-state index is -0.878. The van der Waals surface area contributed by atoms with Crippen LogP contribution in [-0.4, -0.2) is 36.7 Å². The molecule has 0 aromatic rings. The maximum Gasteiger partial charge on any atom is 0.369 e. The number of nitrogens with two attached hydrogens (primary N) is 1. The first-order valence-corrected chi connectivity index (χ1v) is 4.29. The molecule has 0 aliphatic carbocycles. The van der Waals surface area contributed by atoms with E-state index in [9.17, 15) is 4.79 Å². The van der Waals surface area contributed by atoms with Crippen molar-refractivity contribution in [1.29, 1.82) is 0 Å². The Balaban J connectivity index is 3.55. The Labute approximate surface area is 82.1 Å². The van der Waals surface area contributed by atoms with E-state index in [1.54, 1.807) is 0 Å². The lowest BCUT2D eigenvalue weighted by molar-refractivity contribution is -0.467. The van der Waals surface area contributed by atoms with Crippen LogP contribution >= 0.6 is 0 Å². The highest BCUT2D eigenvalue weighted by Crippen LogP contribution is 1.88. The zero-order valence-corrected chi connectivity index (χ0v) is 8.25. The van der Waals surface area contributed by atoms with E-state index in [1.807, 2.05) is 0 Å². The molecule has 1 atom stereocenters. The van der Waals surface area contributed by atoms with Gasteiger partial charge in [0.2, 0.25) is 0 Å². The Bertz CT molecular complexity index is 207. The van der Waals surface area contributed by atoms with E-state index in [2.05, 4.69) is 21.0 Å². The number of carbonyl (C=O) groups is 1. The summed E-state index contributed by atoms with van der Waals surface area (Å²) in [5.41, 5.74) is 11.3. The molecule has 0 radical (unpaired) electrons. The van der Waals surface area contributed by atoms with Crippen LogP contribution in [0.3, 0.4) is 0 Å². The number of hydroxylamine groups is 1. The van der Waals surface area contributed by atoms with Crippen molar-refractivity contribution < 1.29 is 25.5 Å². The number of guanidine groups is 1. The van der Waals surface area contributed by atoms with Crippen LogP contribution in [0.25, 0.3) is 0 Å². The molecule has 14 heavy (non-hydrogen) atoms. The Morgan fingerprint density at radius 2 is 2.43 bits per heavy atom. The molecule has 0 aliphatic heterocycles. The Hall–Kier alpha value is -1.34. The average Bonchev–Trinajstić information content (AvgIpc) is 2.12. The highest BCUT2D eigenvalue weighted by atomic mass is 16.6. The van der Waals surface area contributed by atoms with Gasteiger partial charge in [0.15, 0.2) is 6.04 Å². The zero-order valence-electron chi connectivity index (χ0n) is 8.25. The first-order valence-electron chi connectivity index (χ1n) is 4.29. The molecule has 0 saturated heterocycles. The monoisotopic (exact) mass is 206 g/mol. The van der Waals surface area contributed by atoms with Gasteiger partial charge in [0.05, 0.1) is 13.7 Å². The van der Waals surface area contributed by atoms with Gasteiger partial charge in [0, 0.05) is 6.42 Å². The topological polar surface area (TPSA) is 126 Å². The standard InChI is InChI=1S/C7H16N4O3/c1-14-11-7(9)10-4-2-3-5(8)6(12)13/h5H,2-4,8H2,1H3,(H,12,13)(H3,9,10,11)/p+2/t5-/m0/s1. The summed E-state index contributed by atoms with van der Waals surface area (Å²) in [6, 6.07) is -0.562. The summed E-state index contributed by atoms with van der Waals surface area (Å²) in [7, 11) is 1.45. The van der Waals surface area contributed by atoms with E-state index in [-0.39, 0.29) is 0 Å². The molecule has 0 saturated carbocycles. The van der Waals surface area contributed by atoms with Crippen molar-refractivity contribution in [3.8, 4) is 0 Å². The molecule has 0 aromatic heterocycles. The molecule has 0 heterocycles. The molecule has 7 heteroatoms. The first-order chi connectivity index (χ1) is 6.57. The van der Waals surface area contributed by atoms with Crippen LogP contribution in [0.4, 0.5) is 0 Å². The van der Waals surface area contributed by atoms with E-state index in [1.165, 1.54) is 7.11 Å². The minimum Gasteiger partial charge on any atom is -0.477 e. The predicted octanol–water partition coefficient (Wildman–Crippen LogP) is -3.99. The number of hydrogen-bond donors (Lipinski definition) is 5. The van der Waals surface area contributed by atoms with E-state index in [0.717, 1.165) is 0 Å².